The number of nitrogens with one attached hydrogen (secondary N) is 1. The van der Waals surface area contributed by atoms with Crippen LogP contribution in [-0.2, 0) is 0 Å². The molecule has 0 amide bonds. The molecule has 0 unspecified atom stereocenters. The normalized spacial score (nSPS) is 10.6. The first-order valence-corrected chi connectivity index (χ1v) is 8.14. The van der Waals surface area contributed by atoms with Crippen LogP contribution in [0.1, 0.15) is 25.3 Å². The molecule has 0 aliphatic carbocycles. The Balaban J connectivity index is 1.91. The summed E-state index contributed by atoms with van der Waals surface area (Å²) in [7, 11) is 0. The summed E-state index contributed by atoms with van der Waals surface area (Å²) >= 11 is 0. The summed E-state index contributed by atoms with van der Waals surface area (Å²) in [5.74, 6) is 0.829. The molecule has 0 aliphatic rings. The molecule has 7 heteroatoms. The zero-order valence-electron chi connectivity index (χ0n) is 14.4. The van der Waals surface area contributed by atoms with Crippen LogP contribution >= 0.6 is 0 Å². The van der Waals surface area contributed by atoms with E-state index in [1.165, 1.54) is 11.9 Å². The zero-order chi connectivity index (χ0) is 18.5. The largest absolute Gasteiger partial charge is 0.434 e. The molecule has 0 fully saturated rings. The van der Waals surface area contributed by atoms with Gasteiger partial charge in [-0.3, -0.25) is 10.1 Å². The smallest absolute Gasteiger partial charge is 0.373 e. The van der Waals surface area contributed by atoms with Crippen LogP contribution in [0, 0.1) is 10.1 Å². The maximum atomic E-state index is 11.6. The Morgan fingerprint density at radius 2 is 1.73 bits per heavy atom. The lowest BCUT2D eigenvalue weighted by atomic mass is 10.0. The Hall–Kier alpha value is -3.48. The molecule has 3 rings (SSSR count). The first kappa shape index (κ1) is 17.3. The zero-order valence-corrected chi connectivity index (χ0v) is 14.4. The Bertz CT molecular complexity index is 896. The minimum absolute atomic E-state index is 0.0771. The Morgan fingerprint density at radius 3 is 2.35 bits per heavy atom. The number of ether oxygens (including phenoxy) is 1. The molecule has 1 aromatic heterocycles. The maximum absolute atomic E-state index is 11.6. The maximum Gasteiger partial charge on any atom is 0.373 e. The molecule has 0 atom stereocenters. The quantitative estimate of drug-likeness (QED) is 0.494. The molecule has 3 aromatic rings. The number of nitro groups is 1. The fourth-order valence-corrected chi connectivity index (χ4v) is 2.38. The molecule has 7 nitrogen and oxygen atoms in total. The van der Waals surface area contributed by atoms with E-state index in [0.29, 0.717) is 17.4 Å². The van der Waals surface area contributed by atoms with Crippen LogP contribution in [0.2, 0.25) is 0 Å². The Labute approximate surface area is 150 Å². The lowest BCUT2D eigenvalue weighted by molar-refractivity contribution is -0.385. The van der Waals surface area contributed by atoms with Crippen molar-refractivity contribution in [1.29, 1.82) is 0 Å². The molecule has 26 heavy (non-hydrogen) atoms. The van der Waals surface area contributed by atoms with Crippen molar-refractivity contribution < 1.29 is 9.66 Å². The third kappa shape index (κ3) is 3.94. The molecule has 1 heterocycles. The van der Waals surface area contributed by atoms with Gasteiger partial charge in [-0.2, -0.15) is 4.98 Å². The molecule has 1 N–H and O–H groups in total. The van der Waals surface area contributed by atoms with E-state index in [9.17, 15) is 10.1 Å². The van der Waals surface area contributed by atoms with Crippen LogP contribution in [0.25, 0.3) is 0 Å². The number of hydrogen-bond donors (Lipinski definition) is 1. The first-order valence-electron chi connectivity index (χ1n) is 8.14. The lowest BCUT2D eigenvalue weighted by Gasteiger charge is -2.10. The van der Waals surface area contributed by atoms with Gasteiger partial charge in [0, 0.05) is 5.69 Å². The topological polar surface area (TPSA) is 90.2 Å². The molecular formula is C19H18N4O3. The molecule has 0 bridgehead atoms. The van der Waals surface area contributed by atoms with Crippen LogP contribution < -0.4 is 10.1 Å². The molecule has 0 saturated carbocycles. The second-order valence-corrected chi connectivity index (χ2v) is 5.95. The van der Waals surface area contributed by atoms with Gasteiger partial charge in [-0.1, -0.05) is 44.2 Å². The third-order valence-electron chi connectivity index (χ3n) is 3.77. The number of rotatable bonds is 6. The van der Waals surface area contributed by atoms with E-state index in [0.717, 1.165) is 0 Å². The highest BCUT2D eigenvalue weighted by Crippen LogP contribution is 2.35. The van der Waals surface area contributed by atoms with Crippen LogP contribution in [0.5, 0.6) is 11.6 Å². The Morgan fingerprint density at radius 1 is 1.04 bits per heavy atom. The van der Waals surface area contributed by atoms with E-state index in [1.54, 1.807) is 24.3 Å². The molecular weight excluding hydrogens is 332 g/mol. The Kier molecular flexibility index (Phi) is 5.07. The highest BCUT2D eigenvalue weighted by atomic mass is 16.6. The van der Waals surface area contributed by atoms with Gasteiger partial charge in [-0.15, -0.1) is 0 Å². The van der Waals surface area contributed by atoms with Crippen molar-refractivity contribution in [2.45, 2.75) is 19.8 Å². The minimum atomic E-state index is -0.552. The molecule has 0 radical (unpaired) electrons. The number of anilines is 2. The van der Waals surface area contributed by atoms with Gasteiger partial charge in [0.25, 0.3) is 0 Å². The van der Waals surface area contributed by atoms with E-state index in [4.69, 9.17) is 4.74 Å². The number of para-hydroxylation sites is 1. The van der Waals surface area contributed by atoms with Crippen molar-refractivity contribution in [2.75, 3.05) is 5.32 Å². The SMILES string of the molecule is CC(C)c1ccc(Nc2ncnc(Oc3ccccc3)c2[N+](=O)[O-])cc1. The predicted octanol–water partition coefficient (Wildman–Crippen LogP) is 5.04. The predicted molar refractivity (Wildman–Crippen MR) is 99.0 cm³/mol. The highest BCUT2D eigenvalue weighted by molar-refractivity contribution is 5.68. The van der Waals surface area contributed by atoms with Crippen molar-refractivity contribution in [3.05, 3.63) is 76.6 Å². The van der Waals surface area contributed by atoms with Gasteiger partial charge >= 0.3 is 11.6 Å². The van der Waals surface area contributed by atoms with E-state index < -0.39 is 4.92 Å². The van der Waals surface area contributed by atoms with Gasteiger partial charge in [-0.05, 0) is 35.7 Å². The van der Waals surface area contributed by atoms with E-state index in [-0.39, 0.29) is 17.4 Å². The van der Waals surface area contributed by atoms with Crippen molar-refractivity contribution in [3.63, 3.8) is 0 Å². The number of benzene rings is 2. The van der Waals surface area contributed by atoms with Crippen LogP contribution in [0.3, 0.4) is 0 Å². The van der Waals surface area contributed by atoms with Crippen molar-refractivity contribution in [3.8, 4) is 11.6 Å². The summed E-state index contributed by atoms with van der Waals surface area (Å²) in [5.41, 5.74) is 1.56. The molecule has 0 spiro atoms. The monoisotopic (exact) mass is 350 g/mol. The number of aromatic nitrogens is 2. The summed E-state index contributed by atoms with van der Waals surface area (Å²) in [6, 6.07) is 16.4. The van der Waals surface area contributed by atoms with Crippen LogP contribution in [0.15, 0.2) is 60.9 Å². The first-order chi connectivity index (χ1) is 12.5. The third-order valence-corrected chi connectivity index (χ3v) is 3.77. The second-order valence-electron chi connectivity index (χ2n) is 5.95. The van der Waals surface area contributed by atoms with E-state index >= 15 is 0 Å². The number of hydrogen-bond acceptors (Lipinski definition) is 6. The fraction of sp³-hybridized carbons (Fsp3) is 0.158. The van der Waals surface area contributed by atoms with Crippen molar-refractivity contribution >= 4 is 17.2 Å². The van der Waals surface area contributed by atoms with Gasteiger partial charge in [0.1, 0.15) is 12.1 Å². The van der Waals surface area contributed by atoms with Gasteiger partial charge in [-0.25, -0.2) is 4.98 Å². The van der Waals surface area contributed by atoms with E-state index in [1.807, 2.05) is 30.3 Å². The van der Waals surface area contributed by atoms with Gasteiger partial charge in [0.2, 0.25) is 5.82 Å². The van der Waals surface area contributed by atoms with Crippen LogP contribution in [-0.4, -0.2) is 14.9 Å². The summed E-state index contributed by atoms with van der Waals surface area (Å²) in [5, 5.41) is 14.5. The number of nitrogens with zero attached hydrogens (tertiary/aromatic N) is 3. The highest BCUT2D eigenvalue weighted by Gasteiger charge is 2.25. The van der Waals surface area contributed by atoms with Gasteiger partial charge in [0.15, 0.2) is 0 Å². The lowest BCUT2D eigenvalue weighted by Crippen LogP contribution is -2.03. The second kappa shape index (κ2) is 7.60. The minimum Gasteiger partial charge on any atom is -0.434 e. The summed E-state index contributed by atoms with van der Waals surface area (Å²) in [6.07, 6.45) is 1.23. The standard InChI is InChI=1S/C19H18N4O3/c1-13(2)14-8-10-15(11-9-14)22-18-17(23(24)25)19(21-12-20-18)26-16-6-4-3-5-7-16/h3-13H,1-2H3,(H,20,21,22). The van der Waals surface area contributed by atoms with Gasteiger partial charge in [0.05, 0.1) is 4.92 Å². The molecule has 0 aliphatic heterocycles. The molecule has 0 saturated heterocycles. The van der Waals surface area contributed by atoms with Crippen molar-refractivity contribution in [1.82, 2.24) is 9.97 Å². The summed E-state index contributed by atoms with van der Waals surface area (Å²) < 4.78 is 5.57. The summed E-state index contributed by atoms with van der Waals surface area (Å²) in [6.45, 7) is 4.20. The van der Waals surface area contributed by atoms with Crippen molar-refractivity contribution in [2.24, 2.45) is 0 Å². The van der Waals surface area contributed by atoms with E-state index in [2.05, 4.69) is 29.1 Å². The average Bonchev–Trinajstić information content (AvgIpc) is 2.63. The fourth-order valence-electron chi connectivity index (χ4n) is 2.38. The molecule has 2 aromatic carbocycles. The average molecular weight is 350 g/mol. The summed E-state index contributed by atoms with van der Waals surface area (Å²) in [4.78, 5) is 19.0. The molecule has 132 valence electrons. The van der Waals surface area contributed by atoms with Gasteiger partial charge < -0.3 is 10.1 Å². The van der Waals surface area contributed by atoms with Crippen LogP contribution in [0.4, 0.5) is 17.2 Å².